The number of likely N-dealkylation sites (N-methyl/N-ethyl adjacent to an activating group) is 2. The number of hydrogen-bond acceptors (Lipinski definition) is 4. The largest absolute Gasteiger partial charge is 0.480 e. The molecule has 0 spiro atoms. The molecule has 1 aliphatic heterocycles. The predicted molar refractivity (Wildman–Crippen MR) is 153 cm³/mol. The Kier molecular flexibility index (Phi) is 8.60. The molecule has 1 aromatic heterocycles. The number of carboxylic acids is 1. The van der Waals surface area contributed by atoms with E-state index in [9.17, 15) is 45.4 Å². The van der Waals surface area contributed by atoms with Gasteiger partial charge in [-0.05, 0) is 101 Å². The van der Waals surface area contributed by atoms with Crippen LogP contribution in [0.2, 0.25) is 0 Å². The van der Waals surface area contributed by atoms with Gasteiger partial charge < -0.3 is 10.0 Å². The summed E-state index contributed by atoms with van der Waals surface area (Å²) in [5.41, 5.74) is -4.62. The molecule has 6 nitrogen and oxygen atoms in total. The minimum absolute atomic E-state index is 0.00120. The van der Waals surface area contributed by atoms with E-state index in [1.54, 1.807) is 31.9 Å². The first-order chi connectivity index (χ1) is 20.6. The van der Waals surface area contributed by atoms with Gasteiger partial charge in [-0.3, -0.25) is 19.5 Å². The number of aryl methyl sites for hydroxylation is 1. The first kappa shape index (κ1) is 33.9. The monoisotopic (exact) mass is 639 g/mol. The highest BCUT2D eigenvalue weighted by Gasteiger charge is 2.47. The summed E-state index contributed by atoms with van der Waals surface area (Å²) in [5, 5.41) is 9.81. The minimum Gasteiger partial charge on any atom is -0.480 e. The summed E-state index contributed by atoms with van der Waals surface area (Å²) in [6, 6.07) is 6.25. The lowest BCUT2D eigenvalue weighted by molar-refractivity contribution is -0.148. The van der Waals surface area contributed by atoms with Gasteiger partial charge in [0.1, 0.15) is 11.4 Å². The van der Waals surface area contributed by atoms with Crippen molar-refractivity contribution >= 4 is 17.6 Å². The number of anilines is 1. The molecule has 242 valence electrons. The highest BCUT2D eigenvalue weighted by Crippen LogP contribution is 2.44. The molecule has 4 rings (SSSR count). The van der Waals surface area contributed by atoms with Crippen molar-refractivity contribution in [3.63, 3.8) is 0 Å². The number of hydrogen-bond donors (Lipinski definition) is 1. The number of nitrogens with zero attached hydrogens (tertiary/aromatic N) is 3. The molecule has 13 heteroatoms. The Morgan fingerprint density at radius 1 is 0.956 bits per heavy atom. The van der Waals surface area contributed by atoms with Crippen molar-refractivity contribution in [1.82, 2.24) is 9.88 Å². The second kappa shape index (κ2) is 11.4. The molecule has 3 aromatic rings. The van der Waals surface area contributed by atoms with E-state index in [4.69, 9.17) is 0 Å². The van der Waals surface area contributed by atoms with E-state index in [-0.39, 0.29) is 11.8 Å². The van der Waals surface area contributed by atoms with Crippen LogP contribution in [0.3, 0.4) is 0 Å². The summed E-state index contributed by atoms with van der Waals surface area (Å²) in [4.78, 5) is 33.3. The zero-order chi connectivity index (χ0) is 33.9. The zero-order valence-electron chi connectivity index (χ0n) is 25.4. The standard InChI is InChI=1S/C32H32F7N3O3/c1-17-11-21(33)7-8-22(17)23-15-24(25-9-10-30(4,28(44)45)42(25)6)40-16-26(23)41(5)27(43)29(2,3)18-12-19(31(34,35)36)14-20(13-18)32(37,38)39/h7-8,11-16,25H,9-10H2,1-6H3,(H,44,45)/t25-,30+/m1/s1. The molecule has 1 amide bonds. The van der Waals surface area contributed by atoms with Crippen LogP contribution in [0.15, 0.2) is 48.7 Å². The number of aliphatic carboxylic acids is 1. The summed E-state index contributed by atoms with van der Waals surface area (Å²) < 4.78 is 95.7. The number of likely N-dealkylation sites (tertiary alicyclic amines) is 1. The van der Waals surface area contributed by atoms with Crippen LogP contribution >= 0.6 is 0 Å². The molecule has 1 aliphatic rings. The number of benzene rings is 2. The van der Waals surface area contributed by atoms with E-state index in [1.807, 2.05) is 0 Å². The number of carboxylic acid groups (broad SMARTS) is 1. The van der Waals surface area contributed by atoms with Crippen LogP contribution in [0.5, 0.6) is 0 Å². The number of amides is 1. The quantitative estimate of drug-likeness (QED) is 0.279. The highest BCUT2D eigenvalue weighted by molar-refractivity contribution is 6.03. The lowest BCUT2D eigenvalue weighted by atomic mass is 9.81. The van der Waals surface area contributed by atoms with Crippen molar-refractivity contribution in [2.75, 3.05) is 19.0 Å². The lowest BCUT2D eigenvalue weighted by Gasteiger charge is -2.33. The van der Waals surface area contributed by atoms with Crippen molar-refractivity contribution in [1.29, 1.82) is 0 Å². The zero-order valence-corrected chi connectivity index (χ0v) is 25.4. The van der Waals surface area contributed by atoms with Crippen molar-refractivity contribution in [2.45, 2.75) is 69.9 Å². The van der Waals surface area contributed by atoms with Crippen LogP contribution in [0.1, 0.15) is 67.6 Å². The van der Waals surface area contributed by atoms with Gasteiger partial charge in [-0.15, -0.1) is 0 Å². The van der Waals surface area contributed by atoms with Gasteiger partial charge in [0.2, 0.25) is 5.91 Å². The first-order valence-corrected chi connectivity index (χ1v) is 13.9. The molecule has 1 fully saturated rings. The van der Waals surface area contributed by atoms with Gasteiger partial charge in [0.25, 0.3) is 0 Å². The number of aromatic nitrogens is 1. The topological polar surface area (TPSA) is 73.7 Å². The molecule has 2 atom stereocenters. The predicted octanol–water partition coefficient (Wildman–Crippen LogP) is 7.78. The maximum Gasteiger partial charge on any atom is 0.416 e. The number of alkyl halides is 6. The van der Waals surface area contributed by atoms with Crippen LogP contribution in [-0.4, -0.2) is 46.5 Å². The number of carbonyl (C=O) groups is 2. The average Bonchev–Trinajstić information content (AvgIpc) is 3.26. The van der Waals surface area contributed by atoms with Gasteiger partial charge in [0.15, 0.2) is 0 Å². The van der Waals surface area contributed by atoms with Crippen LogP contribution in [-0.2, 0) is 27.4 Å². The Hall–Kier alpha value is -4.00. The van der Waals surface area contributed by atoms with Gasteiger partial charge >= 0.3 is 18.3 Å². The smallest absolute Gasteiger partial charge is 0.416 e. The molecule has 1 saturated heterocycles. The molecular weight excluding hydrogens is 607 g/mol. The van der Waals surface area contributed by atoms with Gasteiger partial charge in [0.05, 0.1) is 40.2 Å². The molecule has 0 bridgehead atoms. The molecule has 0 saturated carbocycles. The fourth-order valence-electron chi connectivity index (χ4n) is 5.76. The van der Waals surface area contributed by atoms with Crippen LogP contribution in [0.25, 0.3) is 11.1 Å². The molecule has 1 N–H and O–H groups in total. The van der Waals surface area contributed by atoms with Gasteiger partial charge in [-0.2, -0.15) is 26.3 Å². The SMILES string of the molecule is Cc1cc(F)ccc1-c1cc([C@H]2CC[C@@](C)(C(=O)O)N2C)ncc1N(C)C(=O)C(C)(C)c1cc(C(F)(F)F)cc(C(F)(F)F)c1. The number of rotatable bonds is 6. The van der Waals surface area contributed by atoms with Crippen molar-refractivity contribution < 1.29 is 45.4 Å². The fourth-order valence-corrected chi connectivity index (χ4v) is 5.76. The van der Waals surface area contributed by atoms with Gasteiger partial charge in [-0.25, -0.2) is 4.39 Å². The summed E-state index contributed by atoms with van der Waals surface area (Å²) in [7, 11) is 2.98. The second-order valence-electron chi connectivity index (χ2n) is 12.1. The summed E-state index contributed by atoms with van der Waals surface area (Å²) >= 11 is 0. The van der Waals surface area contributed by atoms with Crippen molar-refractivity contribution in [3.8, 4) is 11.1 Å². The van der Waals surface area contributed by atoms with Crippen LogP contribution in [0, 0.1) is 12.7 Å². The van der Waals surface area contributed by atoms with E-state index in [2.05, 4.69) is 4.98 Å². The summed E-state index contributed by atoms with van der Waals surface area (Å²) in [6.07, 6.45) is -8.07. The van der Waals surface area contributed by atoms with E-state index in [0.717, 1.165) is 4.90 Å². The summed E-state index contributed by atoms with van der Waals surface area (Å²) in [6.45, 7) is 5.69. The Labute approximate surface area is 255 Å². The lowest BCUT2D eigenvalue weighted by Crippen LogP contribution is -2.46. The molecule has 0 radical (unpaired) electrons. The van der Waals surface area contributed by atoms with Crippen molar-refractivity contribution in [3.05, 3.63) is 82.4 Å². The first-order valence-electron chi connectivity index (χ1n) is 13.9. The summed E-state index contributed by atoms with van der Waals surface area (Å²) in [5.74, 6) is -2.35. The maximum absolute atomic E-state index is 14.1. The van der Waals surface area contributed by atoms with Crippen LogP contribution < -0.4 is 4.90 Å². The van der Waals surface area contributed by atoms with E-state index < -0.39 is 63.7 Å². The van der Waals surface area contributed by atoms with E-state index in [0.29, 0.717) is 47.4 Å². The molecule has 0 aliphatic carbocycles. The Bertz CT molecular complexity index is 1620. The molecular formula is C32H32F7N3O3. The molecule has 2 aromatic carbocycles. The van der Waals surface area contributed by atoms with E-state index in [1.165, 1.54) is 45.3 Å². The van der Waals surface area contributed by atoms with Crippen molar-refractivity contribution in [2.24, 2.45) is 0 Å². The number of pyridine rings is 1. The molecule has 2 heterocycles. The number of carbonyl (C=O) groups excluding carboxylic acids is 1. The molecule has 45 heavy (non-hydrogen) atoms. The van der Waals surface area contributed by atoms with E-state index >= 15 is 0 Å². The average molecular weight is 640 g/mol. The highest BCUT2D eigenvalue weighted by atomic mass is 19.4. The van der Waals surface area contributed by atoms with Gasteiger partial charge in [0, 0.05) is 12.6 Å². The Morgan fingerprint density at radius 3 is 2.00 bits per heavy atom. The minimum atomic E-state index is -5.10. The van der Waals surface area contributed by atoms with Gasteiger partial charge in [-0.1, -0.05) is 6.07 Å². The third kappa shape index (κ3) is 6.27. The third-order valence-corrected chi connectivity index (χ3v) is 8.85. The normalized spacial score (nSPS) is 19.5. The maximum atomic E-state index is 14.1. The fraction of sp³-hybridized carbons (Fsp3) is 0.406. The Morgan fingerprint density at radius 2 is 1.51 bits per heavy atom. The third-order valence-electron chi connectivity index (χ3n) is 8.85. The Balaban J connectivity index is 1.84. The number of halogens is 7. The van der Waals surface area contributed by atoms with Crippen LogP contribution in [0.4, 0.5) is 36.4 Å². The molecule has 0 unspecified atom stereocenters. The second-order valence-corrected chi connectivity index (χ2v) is 12.1.